The van der Waals surface area contributed by atoms with Gasteiger partial charge in [-0.2, -0.15) is 4.39 Å². The SMILES string of the molecule is C[C@@H](CC(=O)Cc1cc2c(cn1)C(c1ccnc(F)c1)=NC2)c1ccccc1. The molecule has 0 bridgehead atoms. The lowest BCUT2D eigenvalue weighted by Crippen LogP contribution is -2.10. The van der Waals surface area contributed by atoms with Crippen LogP contribution in [0.2, 0.25) is 0 Å². The topological polar surface area (TPSA) is 55.2 Å². The van der Waals surface area contributed by atoms with E-state index in [4.69, 9.17) is 0 Å². The number of rotatable bonds is 6. The van der Waals surface area contributed by atoms with Crippen molar-refractivity contribution in [1.82, 2.24) is 9.97 Å². The van der Waals surface area contributed by atoms with Crippen molar-refractivity contribution in [3.05, 3.63) is 94.8 Å². The standard InChI is InChI=1S/C23H20FN3O/c1-15(16-5-3-2-4-6-16)9-20(28)12-19-10-18-13-27-23(21(18)14-26-19)17-7-8-25-22(24)11-17/h2-8,10-11,14-15H,9,12-13H2,1H3/t15-/m0/s1. The number of aliphatic imine (C=N–C) groups is 1. The first-order valence-electron chi connectivity index (χ1n) is 9.31. The zero-order valence-corrected chi connectivity index (χ0v) is 15.6. The van der Waals surface area contributed by atoms with E-state index in [0.717, 1.165) is 22.5 Å². The van der Waals surface area contributed by atoms with Crippen molar-refractivity contribution < 1.29 is 9.18 Å². The number of carbonyl (C=O) groups is 1. The summed E-state index contributed by atoms with van der Waals surface area (Å²) in [5.74, 6) is -0.185. The fraction of sp³-hybridized carbons (Fsp3) is 0.217. The van der Waals surface area contributed by atoms with Crippen molar-refractivity contribution in [2.75, 3.05) is 0 Å². The molecule has 1 atom stereocenters. The number of ketones is 1. The molecular formula is C23H20FN3O. The second kappa shape index (κ2) is 7.80. The van der Waals surface area contributed by atoms with Crippen molar-refractivity contribution in [2.45, 2.75) is 32.2 Å². The molecule has 2 aromatic heterocycles. The number of fused-ring (bicyclic) bond motifs is 1. The molecule has 0 fully saturated rings. The number of hydrogen-bond donors (Lipinski definition) is 0. The molecule has 0 amide bonds. The number of Topliss-reactive ketones (excluding diaryl/α,β-unsaturated/α-hetero) is 1. The number of aromatic nitrogens is 2. The lowest BCUT2D eigenvalue weighted by molar-refractivity contribution is -0.118. The van der Waals surface area contributed by atoms with Crippen LogP contribution in [0.3, 0.4) is 0 Å². The minimum atomic E-state index is -0.531. The summed E-state index contributed by atoms with van der Waals surface area (Å²) in [6, 6.07) is 15.1. The van der Waals surface area contributed by atoms with Crippen LogP contribution in [0.5, 0.6) is 0 Å². The van der Waals surface area contributed by atoms with Crippen molar-refractivity contribution in [1.29, 1.82) is 0 Å². The summed E-state index contributed by atoms with van der Waals surface area (Å²) in [5.41, 5.74) is 5.23. The second-order valence-electron chi connectivity index (χ2n) is 7.10. The Hall–Kier alpha value is -3.21. The first-order chi connectivity index (χ1) is 13.6. The summed E-state index contributed by atoms with van der Waals surface area (Å²) in [7, 11) is 0. The minimum Gasteiger partial charge on any atom is -0.299 e. The summed E-state index contributed by atoms with van der Waals surface area (Å²) in [6.45, 7) is 2.58. The van der Waals surface area contributed by atoms with Crippen LogP contribution in [-0.4, -0.2) is 21.5 Å². The Balaban J connectivity index is 1.45. The quantitative estimate of drug-likeness (QED) is 0.606. The van der Waals surface area contributed by atoms with Gasteiger partial charge in [0, 0.05) is 48.1 Å². The molecule has 4 rings (SSSR count). The summed E-state index contributed by atoms with van der Waals surface area (Å²) in [6.07, 6.45) is 3.97. The Labute approximate surface area is 163 Å². The lowest BCUT2D eigenvalue weighted by atomic mass is 9.94. The molecule has 5 heteroatoms. The van der Waals surface area contributed by atoms with E-state index >= 15 is 0 Å². The number of nitrogens with zero attached hydrogens (tertiary/aromatic N) is 3. The molecule has 0 unspecified atom stereocenters. The van der Waals surface area contributed by atoms with Crippen LogP contribution < -0.4 is 0 Å². The fourth-order valence-electron chi connectivity index (χ4n) is 3.55. The van der Waals surface area contributed by atoms with Crippen molar-refractivity contribution >= 4 is 11.5 Å². The molecule has 1 aliphatic heterocycles. The normalized spacial score (nSPS) is 13.7. The molecule has 1 aromatic carbocycles. The van der Waals surface area contributed by atoms with Gasteiger partial charge in [-0.3, -0.25) is 14.8 Å². The van der Waals surface area contributed by atoms with Gasteiger partial charge in [0.1, 0.15) is 5.78 Å². The van der Waals surface area contributed by atoms with Crippen LogP contribution in [0, 0.1) is 5.95 Å². The highest BCUT2D eigenvalue weighted by Gasteiger charge is 2.20. The third-order valence-electron chi connectivity index (χ3n) is 4.99. The number of carbonyl (C=O) groups excluding carboxylic acids is 1. The van der Waals surface area contributed by atoms with Gasteiger partial charge in [-0.15, -0.1) is 0 Å². The molecule has 0 spiro atoms. The van der Waals surface area contributed by atoms with Gasteiger partial charge < -0.3 is 0 Å². The molecule has 1 aliphatic rings. The van der Waals surface area contributed by atoms with Crippen LogP contribution in [0.25, 0.3) is 0 Å². The average Bonchev–Trinajstić information content (AvgIpc) is 3.12. The van der Waals surface area contributed by atoms with Crippen molar-refractivity contribution in [3.63, 3.8) is 0 Å². The molecule has 28 heavy (non-hydrogen) atoms. The molecular weight excluding hydrogens is 353 g/mol. The van der Waals surface area contributed by atoms with Gasteiger partial charge in [0.2, 0.25) is 5.95 Å². The lowest BCUT2D eigenvalue weighted by Gasteiger charge is -2.11. The van der Waals surface area contributed by atoms with Crippen LogP contribution in [0.4, 0.5) is 4.39 Å². The predicted octanol–water partition coefficient (Wildman–Crippen LogP) is 4.27. The molecule has 3 aromatic rings. The van der Waals surface area contributed by atoms with Gasteiger partial charge in [0.25, 0.3) is 0 Å². The van der Waals surface area contributed by atoms with Crippen LogP contribution in [0.15, 0.2) is 65.9 Å². The van der Waals surface area contributed by atoms with E-state index in [1.807, 2.05) is 36.4 Å². The predicted molar refractivity (Wildman–Crippen MR) is 106 cm³/mol. The summed E-state index contributed by atoms with van der Waals surface area (Å²) >= 11 is 0. The molecule has 3 heterocycles. The van der Waals surface area contributed by atoms with Crippen LogP contribution >= 0.6 is 0 Å². The molecule has 0 saturated heterocycles. The van der Waals surface area contributed by atoms with Crippen LogP contribution in [0.1, 0.15) is 47.2 Å². The fourth-order valence-corrected chi connectivity index (χ4v) is 3.55. The Morgan fingerprint density at radius 3 is 2.75 bits per heavy atom. The van der Waals surface area contributed by atoms with Crippen LogP contribution in [-0.2, 0) is 17.8 Å². The van der Waals surface area contributed by atoms with E-state index in [0.29, 0.717) is 24.9 Å². The largest absolute Gasteiger partial charge is 0.299 e. The van der Waals surface area contributed by atoms with Gasteiger partial charge in [-0.05, 0) is 29.2 Å². The van der Waals surface area contributed by atoms with Gasteiger partial charge in [-0.1, -0.05) is 37.3 Å². The number of halogens is 1. The minimum absolute atomic E-state index is 0.166. The third kappa shape index (κ3) is 3.88. The zero-order valence-electron chi connectivity index (χ0n) is 15.6. The first kappa shape index (κ1) is 18.2. The summed E-state index contributed by atoms with van der Waals surface area (Å²) in [5, 5.41) is 0. The van der Waals surface area contributed by atoms with E-state index in [9.17, 15) is 9.18 Å². The molecule has 0 N–H and O–H groups in total. The van der Waals surface area contributed by atoms with E-state index in [-0.39, 0.29) is 11.7 Å². The highest BCUT2D eigenvalue weighted by molar-refractivity contribution is 6.14. The van der Waals surface area contributed by atoms with Gasteiger partial charge in [0.15, 0.2) is 0 Å². The number of pyridine rings is 2. The maximum Gasteiger partial charge on any atom is 0.213 e. The van der Waals surface area contributed by atoms with E-state index in [1.165, 1.54) is 17.8 Å². The zero-order chi connectivity index (χ0) is 19.5. The average molecular weight is 373 g/mol. The first-order valence-corrected chi connectivity index (χ1v) is 9.31. The smallest absolute Gasteiger partial charge is 0.213 e. The Bertz CT molecular complexity index is 1050. The molecule has 4 nitrogen and oxygen atoms in total. The third-order valence-corrected chi connectivity index (χ3v) is 4.99. The molecule has 140 valence electrons. The van der Waals surface area contributed by atoms with Gasteiger partial charge in [-0.25, -0.2) is 4.98 Å². The molecule has 0 saturated carbocycles. The Kier molecular flexibility index (Phi) is 5.06. The number of hydrogen-bond acceptors (Lipinski definition) is 4. The summed E-state index contributed by atoms with van der Waals surface area (Å²) in [4.78, 5) is 25.1. The highest BCUT2D eigenvalue weighted by atomic mass is 19.1. The van der Waals surface area contributed by atoms with E-state index in [2.05, 4.69) is 21.9 Å². The Morgan fingerprint density at radius 1 is 1.14 bits per heavy atom. The number of benzene rings is 1. The maximum atomic E-state index is 13.4. The Morgan fingerprint density at radius 2 is 1.96 bits per heavy atom. The maximum absolute atomic E-state index is 13.4. The summed E-state index contributed by atoms with van der Waals surface area (Å²) < 4.78 is 13.4. The molecule has 0 aliphatic carbocycles. The van der Waals surface area contributed by atoms with Gasteiger partial charge >= 0.3 is 0 Å². The van der Waals surface area contributed by atoms with E-state index in [1.54, 1.807) is 12.3 Å². The monoisotopic (exact) mass is 373 g/mol. The van der Waals surface area contributed by atoms with Crippen molar-refractivity contribution in [3.8, 4) is 0 Å². The molecule has 0 radical (unpaired) electrons. The highest BCUT2D eigenvalue weighted by Crippen LogP contribution is 2.24. The van der Waals surface area contributed by atoms with Gasteiger partial charge in [0.05, 0.1) is 12.3 Å². The van der Waals surface area contributed by atoms with Crippen molar-refractivity contribution in [2.24, 2.45) is 4.99 Å². The van der Waals surface area contributed by atoms with E-state index < -0.39 is 5.95 Å². The second-order valence-corrected chi connectivity index (χ2v) is 7.10.